The molecule has 0 bridgehead atoms. The number of esters is 1. The Hall–Kier alpha value is -1.38. The molecule has 0 amide bonds. The first kappa shape index (κ1) is 17.1. The number of rotatable bonds is 2. The number of hydrogen-bond donors (Lipinski definition) is 0. The summed E-state index contributed by atoms with van der Waals surface area (Å²) >= 11 is 0. The lowest BCUT2D eigenvalue weighted by Gasteiger charge is -2.56. The van der Waals surface area contributed by atoms with Crippen molar-refractivity contribution in [1.29, 1.82) is 0 Å². The molecule has 3 nitrogen and oxygen atoms in total. The minimum Gasteiger partial charge on any atom is -0.462 e. The lowest BCUT2D eigenvalue weighted by molar-refractivity contribution is -0.148. The molecule has 0 radical (unpaired) electrons. The van der Waals surface area contributed by atoms with Crippen LogP contribution in [-0.4, -0.2) is 17.9 Å². The van der Waals surface area contributed by atoms with Crippen molar-refractivity contribution >= 4 is 11.8 Å². The zero-order chi connectivity index (χ0) is 17.8. The predicted molar refractivity (Wildman–Crippen MR) is 96.8 cm³/mol. The largest absolute Gasteiger partial charge is 0.462 e. The van der Waals surface area contributed by atoms with Gasteiger partial charge in [0.05, 0.1) is 0 Å². The van der Waals surface area contributed by atoms with Crippen molar-refractivity contribution in [2.45, 2.75) is 71.8 Å². The first-order valence-electron chi connectivity index (χ1n) is 9.99. The van der Waals surface area contributed by atoms with Crippen molar-refractivity contribution < 1.29 is 14.3 Å². The topological polar surface area (TPSA) is 43.4 Å². The molecule has 4 rings (SSSR count). The summed E-state index contributed by atoms with van der Waals surface area (Å²) in [4.78, 5) is 23.6. The first-order chi connectivity index (χ1) is 11.9. The third-order valence-corrected chi connectivity index (χ3v) is 7.87. The Morgan fingerprint density at radius 1 is 1.28 bits per heavy atom. The van der Waals surface area contributed by atoms with E-state index < -0.39 is 0 Å². The molecule has 0 spiro atoms. The van der Waals surface area contributed by atoms with Crippen LogP contribution in [-0.2, 0) is 14.3 Å². The molecule has 4 aliphatic carbocycles. The smallest absolute Gasteiger partial charge is 0.305 e. The second-order valence-electron chi connectivity index (χ2n) is 9.20. The highest BCUT2D eigenvalue weighted by molar-refractivity contribution is 6.01. The zero-order valence-corrected chi connectivity index (χ0v) is 15.7. The molecule has 6 atom stereocenters. The Balaban J connectivity index is 1.58. The van der Waals surface area contributed by atoms with Gasteiger partial charge in [-0.15, -0.1) is 0 Å². The van der Waals surface area contributed by atoms with Gasteiger partial charge in [0.2, 0.25) is 0 Å². The number of carbonyl (C=O) groups is 2. The second kappa shape index (κ2) is 5.82. The third-order valence-electron chi connectivity index (χ3n) is 7.87. The van der Waals surface area contributed by atoms with Gasteiger partial charge in [-0.25, -0.2) is 0 Å². The maximum absolute atomic E-state index is 11.8. The summed E-state index contributed by atoms with van der Waals surface area (Å²) in [5, 5.41) is 0. The van der Waals surface area contributed by atoms with Crippen molar-refractivity contribution in [1.82, 2.24) is 0 Å². The number of allylic oxidation sites excluding steroid dienone is 4. The van der Waals surface area contributed by atoms with Crippen LogP contribution in [0.3, 0.4) is 0 Å². The third kappa shape index (κ3) is 2.62. The molecule has 136 valence electrons. The Bertz CT molecular complexity index is 660. The molecule has 4 aliphatic rings. The summed E-state index contributed by atoms with van der Waals surface area (Å²) in [5.41, 5.74) is 1.71. The normalized spacial score (nSPS) is 45.2. The molecule has 3 fully saturated rings. The minimum atomic E-state index is -0.0571. The molecule has 0 aliphatic heterocycles. The van der Waals surface area contributed by atoms with Crippen molar-refractivity contribution in [3.05, 3.63) is 23.8 Å². The van der Waals surface area contributed by atoms with Gasteiger partial charge in [-0.05, 0) is 73.8 Å². The van der Waals surface area contributed by atoms with Crippen LogP contribution in [0.1, 0.15) is 65.7 Å². The molecule has 3 saturated carbocycles. The van der Waals surface area contributed by atoms with Gasteiger partial charge in [0.25, 0.3) is 0 Å². The van der Waals surface area contributed by atoms with Crippen LogP contribution in [0, 0.1) is 28.6 Å². The Morgan fingerprint density at radius 3 is 2.84 bits per heavy atom. The fourth-order valence-corrected chi connectivity index (χ4v) is 6.55. The molecule has 0 N–H and O–H groups in total. The summed E-state index contributed by atoms with van der Waals surface area (Å²) in [5.74, 6) is 2.04. The molecule has 0 saturated heterocycles. The maximum Gasteiger partial charge on any atom is 0.305 e. The van der Waals surface area contributed by atoms with Crippen molar-refractivity contribution in [3.63, 3.8) is 0 Å². The molecule has 3 heteroatoms. The van der Waals surface area contributed by atoms with E-state index >= 15 is 0 Å². The Morgan fingerprint density at radius 2 is 2.08 bits per heavy atom. The van der Waals surface area contributed by atoms with Crippen molar-refractivity contribution in [2.24, 2.45) is 28.6 Å². The van der Waals surface area contributed by atoms with E-state index in [0.717, 1.165) is 19.3 Å². The van der Waals surface area contributed by atoms with E-state index in [1.807, 2.05) is 13.0 Å². The van der Waals surface area contributed by atoms with Crippen LogP contribution in [0.5, 0.6) is 0 Å². The highest BCUT2D eigenvalue weighted by Crippen LogP contribution is 2.64. The quantitative estimate of drug-likeness (QED) is 0.688. The van der Waals surface area contributed by atoms with E-state index in [2.05, 4.69) is 19.9 Å². The van der Waals surface area contributed by atoms with E-state index in [9.17, 15) is 9.59 Å². The first-order valence-corrected chi connectivity index (χ1v) is 9.99. The lowest BCUT2D eigenvalue weighted by Crippen LogP contribution is -2.48. The van der Waals surface area contributed by atoms with Crippen LogP contribution < -0.4 is 0 Å². The maximum atomic E-state index is 11.8. The Labute approximate surface area is 150 Å². The number of fused-ring (bicyclic) bond motifs is 5. The highest BCUT2D eigenvalue weighted by Gasteiger charge is 2.57. The van der Waals surface area contributed by atoms with Gasteiger partial charge in [0.15, 0.2) is 5.78 Å². The average molecular weight is 342 g/mol. The molecular formula is C22H30O3. The van der Waals surface area contributed by atoms with Gasteiger partial charge in [-0.1, -0.05) is 32.4 Å². The number of hydrogen-bond acceptors (Lipinski definition) is 3. The van der Waals surface area contributed by atoms with Gasteiger partial charge in [0, 0.05) is 11.8 Å². The fraction of sp³-hybridized carbons (Fsp3) is 0.727. The highest BCUT2D eigenvalue weighted by atomic mass is 16.5. The van der Waals surface area contributed by atoms with Gasteiger partial charge < -0.3 is 4.74 Å². The SMILES string of the molecule is CCC(=O)O[C@@H]1C[C@H]2[C@@H]3CCC4=CC(=O)C=C[C@]4(C)[C@@H]3CC[C@]2(C)C1. The summed E-state index contributed by atoms with van der Waals surface area (Å²) < 4.78 is 5.73. The molecule has 0 heterocycles. The second-order valence-corrected chi connectivity index (χ2v) is 9.20. The van der Waals surface area contributed by atoms with Crippen molar-refractivity contribution in [3.8, 4) is 0 Å². The summed E-state index contributed by atoms with van der Waals surface area (Å²) in [6.45, 7) is 6.63. The van der Waals surface area contributed by atoms with E-state index in [1.54, 1.807) is 6.08 Å². The average Bonchev–Trinajstić information content (AvgIpc) is 2.91. The number of ketones is 1. The van der Waals surface area contributed by atoms with Crippen molar-refractivity contribution in [2.75, 3.05) is 0 Å². The van der Waals surface area contributed by atoms with Crippen LogP contribution >= 0.6 is 0 Å². The Kier molecular flexibility index (Phi) is 3.97. The predicted octanol–water partition coefficient (Wildman–Crippen LogP) is 4.62. The van der Waals surface area contributed by atoms with E-state index in [-0.39, 0.29) is 23.3 Å². The summed E-state index contributed by atoms with van der Waals surface area (Å²) in [7, 11) is 0. The molecule has 0 aromatic rings. The van der Waals surface area contributed by atoms with Gasteiger partial charge in [0.1, 0.15) is 6.10 Å². The number of carbonyl (C=O) groups excluding carboxylic acids is 2. The minimum absolute atomic E-state index is 0.0519. The van der Waals surface area contributed by atoms with Crippen LogP contribution in [0.15, 0.2) is 23.8 Å². The summed E-state index contributed by atoms with van der Waals surface area (Å²) in [6.07, 6.45) is 13.1. The van der Waals surface area contributed by atoms with Gasteiger partial charge in [-0.3, -0.25) is 9.59 Å². The number of ether oxygens (including phenoxy) is 1. The monoisotopic (exact) mass is 342 g/mol. The molecule has 0 unspecified atom stereocenters. The van der Waals surface area contributed by atoms with Crippen LogP contribution in [0.25, 0.3) is 0 Å². The summed E-state index contributed by atoms with van der Waals surface area (Å²) in [6, 6.07) is 0. The fourth-order valence-electron chi connectivity index (χ4n) is 6.55. The van der Waals surface area contributed by atoms with Gasteiger partial charge >= 0.3 is 5.97 Å². The van der Waals surface area contributed by atoms with Gasteiger partial charge in [-0.2, -0.15) is 0 Å². The molecule has 0 aromatic carbocycles. The zero-order valence-electron chi connectivity index (χ0n) is 15.7. The van der Waals surface area contributed by atoms with E-state index in [1.165, 1.54) is 24.8 Å². The lowest BCUT2D eigenvalue weighted by atomic mass is 9.48. The molecule has 25 heavy (non-hydrogen) atoms. The van der Waals surface area contributed by atoms with E-state index in [0.29, 0.717) is 29.6 Å². The molecular weight excluding hydrogens is 312 g/mol. The van der Waals surface area contributed by atoms with Crippen LogP contribution in [0.2, 0.25) is 0 Å². The standard InChI is InChI=1S/C22H30O3/c1-4-20(24)25-16-12-19-17-6-5-14-11-15(23)7-10-22(14,3)18(17)8-9-21(19,2)13-16/h7,10-11,16-19H,4-6,8-9,12-13H2,1-3H3/t16-,17-,18-,19+,21-,22+/m1/s1. The molecule has 0 aromatic heterocycles. The van der Waals surface area contributed by atoms with Crippen LogP contribution in [0.4, 0.5) is 0 Å². The van der Waals surface area contributed by atoms with E-state index in [4.69, 9.17) is 4.74 Å².